The molecule has 0 saturated heterocycles. The summed E-state index contributed by atoms with van der Waals surface area (Å²) in [7, 11) is 0. The van der Waals surface area contributed by atoms with Crippen LogP contribution in [0.5, 0.6) is 0 Å². The van der Waals surface area contributed by atoms with Crippen LogP contribution in [0, 0.1) is 0 Å². The second-order valence-corrected chi connectivity index (χ2v) is 8.06. The fraction of sp³-hybridized carbons (Fsp3) is 0.900. The van der Waals surface area contributed by atoms with Gasteiger partial charge < -0.3 is 25.3 Å². The van der Waals surface area contributed by atoms with Crippen molar-refractivity contribution in [3.05, 3.63) is 0 Å². The second kappa shape index (κ2) is 13.2. The first-order chi connectivity index (χ1) is 12.1. The van der Waals surface area contributed by atoms with E-state index in [2.05, 4.69) is 12.2 Å². The van der Waals surface area contributed by atoms with Crippen molar-refractivity contribution >= 4 is 12.2 Å². The Morgan fingerprint density at radius 3 is 2.31 bits per heavy atom. The van der Waals surface area contributed by atoms with Crippen molar-refractivity contribution in [1.82, 2.24) is 5.32 Å². The first kappa shape index (κ1) is 25.0. The van der Waals surface area contributed by atoms with Crippen LogP contribution in [0.2, 0.25) is 0 Å². The lowest BCUT2D eigenvalue weighted by atomic mass is 10.0. The van der Waals surface area contributed by atoms with Gasteiger partial charge in [-0.05, 0) is 47.0 Å². The first-order valence-corrected chi connectivity index (χ1v) is 9.88. The summed E-state index contributed by atoms with van der Waals surface area (Å²) < 4.78 is 11.7. The summed E-state index contributed by atoms with van der Waals surface area (Å²) in [5.74, 6) is -0.109. The van der Waals surface area contributed by atoms with Gasteiger partial charge in [0.15, 0.2) is 0 Å². The summed E-state index contributed by atoms with van der Waals surface area (Å²) in [5, 5.41) is 2.83. The summed E-state index contributed by atoms with van der Waals surface area (Å²) in [6.45, 7) is 11.6. The Bertz CT molecular complexity index is 397. The predicted molar refractivity (Wildman–Crippen MR) is 105 cm³/mol. The van der Waals surface area contributed by atoms with Gasteiger partial charge in [-0.25, -0.2) is 0 Å². The van der Waals surface area contributed by atoms with Crippen LogP contribution in [0.4, 0.5) is 0 Å². The number of nitrogens with two attached hydrogens (primary N) is 1. The first-order valence-electron chi connectivity index (χ1n) is 9.88. The van der Waals surface area contributed by atoms with Crippen molar-refractivity contribution in [2.24, 2.45) is 5.73 Å². The summed E-state index contributed by atoms with van der Waals surface area (Å²) in [5.41, 5.74) is 5.23. The number of ether oxygens (including phenoxy) is 2. The normalized spacial score (nSPS) is 13.5. The van der Waals surface area contributed by atoms with E-state index in [1.807, 2.05) is 27.7 Å². The Labute approximate surface area is 159 Å². The Balaban J connectivity index is 3.92. The van der Waals surface area contributed by atoms with Crippen LogP contribution in [0.25, 0.3) is 0 Å². The predicted octanol–water partition coefficient (Wildman–Crippen LogP) is 2.97. The number of hydrogen-bond acceptors (Lipinski definition) is 5. The summed E-state index contributed by atoms with van der Waals surface area (Å²) in [6, 6.07) is -0.434. The van der Waals surface area contributed by atoms with Gasteiger partial charge in [-0.2, -0.15) is 0 Å². The molecule has 0 aromatic rings. The molecule has 0 aliphatic rings. The van der Waals surface area contributed by atoms with Crippen LogP contribution in [-0.4, -0.2) is 49.2 Å². The van der Waals surface area contributed by atoms with Crippen molar-refractivity contribution in [1.29, 1.82) is 0 Å². The fourth-order valence-electron chi connectivity index (χ4n) is 2.50. The van der Waals surface area contributed by atoms with Crippen molar-refractivity contribution in [2.45, 2.75) is 96.8 Å². The van der Waals surface area contributed by atoms with Gasteiger partial charge in [0.05, 0.1) is 30.5 Å². The molecule has 0 spiro atoms. The fourth-order valence-corrected chi connectivity index (χ4v) is 2.50. The SMILES string of the molecule is CCCCCC(N)C(=O)NCCOC(C)(C)CCOC(C)(C)CCC=O. The van der Waals surface area contributed by atoms with Gasteiger partial charge in [-0.1, -0.05) is 26.2 Å². The number of aldehydes is 1. The molecule has 26 heavy (non-hydrogen) atoms. The van der Waals surface area contributed by atoms with E-state index in [1.54, 1.807) is 0 Å². The molecule has 1 atom stereocenters. The standard InChI is InChI=1S/C20H40N2O4/c1-6-7-8-10-17(21)18(24)22-13-16-26-20(4,5)12-15-25-19(2,3)11-9-14-23/h14,17H,6-13,15-16,21H2,1-5H3,(H,22,24). The van der Waals surface area contributed by atoms with Crippen LogP contribution in [0.1, 0.15) is 79.6 Å². The maximum Gasteiger partial charge on any atom is 0.236 e. The third-order valence-electron chi connectivity index (χ3n) is 4.41. The highest BCUT2D eigenvalue weighted by molar-refractivity contribution is 5.81. The number of amides is 1. The van der Waals surface area contributed by atoms with Crippen LogP contribution in [0.3, 0.4) is 0 Å². The highest BCUT2D eigenvalue weighted by Gasteiger charge is 2.22. The molecule has 0 aromatic heterocycles. The molecule has 0 aliphatic heterocycles. The molecule has 154 valence electrons. The molecule has 6 heteroatoms. The Morgan fingerprint density at radius 2 is 1.69 bits per heavy atom. The maximum atomic E-state index is 11.9. The molecule has 0 heterocycles. The summed E-state index contributed by atoms with van der Waals surface area (Å²) >= 11 is 0. The minimum Gasteiger partial charge on any atom is -0.375 e. The third-order valence-corrected chi connectivity index (χ3v) is 4.41. The van der Waals surface area contributed by atoms with Gasteiger partial charge in [0.2, 0.25) is 5.91 Å². The highest BCUT2D eigenvalue weighted by Crippen LogP contribution is 2.20. The van der Waals surface area contributed by atoms with Crippen molar-refractivity contribution in [3.63, 3.8) is 0 Å². The minimum atomic E-state index is -0.434. The van der Waals surface area contributed by atoms with Crippen molar-refractivity contribution in [2.75, 3.05) is 19.8 Å². The van der Waals surface area contributed by atoms with Crippen LogP contribution in [-0.2, 0) is 19.1 Å². The summed E-state index contributed by atoms with van der Waals surface area (Å²) in [4.78, 5) is 22.4. The van der Waals surface area contributed by atoms with E-state index in [9.17, 15) is 9.59 Å². The third kappa shape index (κ3) is 13.3. The van der Waals surface area contributed by atoms with E-state index in [4.69, 9.17) is 15.2 Å². The van der Waals surface area contributed by atoms with Gasteiger partial charge in [0.1, 0.15) is 6.29 Å². The van der Waals surface area contributed by atoms with E-state index in [0.717, 1.165) is 38.4 Å². The van der Waals surface area contributed by atoms with Gasteiger partial charge in [-0.3, -0.25) is 4.79 Å². The Kier molecular flexibility index (Phi) is 12.7. The quantitative estimate of drug-likeness (QED) is 0.321. The molecule has 1 amide bonds. The maximum absolute atomic E-state index is 11.9. The van der Waals surface area contributed by atoms with Gasteiger partial charge >= 0.3 is 0 Å². The van der Waals surface area contributed by atoms with Crippen molar-refractivity contribution in [3.8, 4) is 0 Å². The molecule has 0 aromatic carbocycles. The largest absolute Gasteiger partial charge is 0.375 e. The lowest BCUT2D eigenvalue weighted by Gasteiger charge is -2.29. The molecular weight excluding hydrogens is 332 g/mol. The van der Waals surface area contributed by atoms with Crippen LogP contribution >= 0.6 is 0 Å². The molecule has 0 fully saturated rings. The number of carbonyl (C=O) groups excluding carboxylic acids is 2. The molecule has 6 nitrogen and oxygen atoms in total. The molecular formula is C20H40N2O4. The lowest BCUT2D eigenvalue weighted by molar-refractivity contribution is -0.123. The second-order valence-electron chi connectivity index (χ2n) is 8.06. The van der Waals surface area contributed by atoms with Gasteiger partial charge in [-0.15, -0.1) is 0 Å². The van der Waals surface area contributed by atoms with Crippen LogP contribution in [0.15, 0.2) is 0 Å². The van der Waals surface area contributed by atoms with E-state index in [-0.39, 0.29) is 17.1 Å². The number of rotatable bonds is 16. The molecule has 3 N–H and O–H groups in total. The summed E-state index contributed by atoms with van der Waals surface area (Å²) in [6.07, 6.45) is 6.81. The lowest BCUT2D eigenvalue weighted by Crippen LogP contribution is -2.42. The zero-order valence-corrected chi connectivity index (χ0v) is 17.4. The number of unbranched alkanes of at least 4 members (excludes halogenated alkanes) is 2. The molecule has 0 bridgehead atoms. The zero-order chi connectivity index (χ0) is 20.1. The van der Waals surface area contributed by atoms with E-state index >= 15 is 0 Å². The number of hydrogen-bond donors (Lipinski definition) is 2. The van der Waals surface area contributed by atoms with E-state index in [0.29, 0.717) is 32.6 Å². The van der Waals surface area contributed by atoms with Crippen molar-refractivity contribution < 1.29 is 19.1 Å². The Morgan fingerprint density at radius 1 is 1.08 bits per heavy atom. The van der Waals surface area contributed by atoms with Crippen LogP contribution < -0.4 is 11.1 Å². The molecule has 0 aliphatic carbocycles. The molecule has 1 unspecified atom stereocenters. The molecule has 0 rings (SSSR count). The number of nitrogens with one attached hydrogen (secondary N) is 1. The minimum absolute atomic E-state index is 0.109. The topological polar surface area (TPSA) is 90.7 Å². The number of carbonyl (C=O) groups is 2. The van der Waals surface area contributed by atoms with Gasteiger partial charge in [0, 0.05) is 13.0 Å². The Hall–Kier alpha value is -0.980. The smallest absolute Gasteiger partial charge is 0.236 e. The monoisotopic (exact) mass is 372 g/mol. The van der Waals surface area contributed by atoms with Gasteiger partial charge in [0.25, 0.3) is 0 Å². The van der Waals surface area contributed by atoms with E-state index < -0.39 is 6.04 Å². The van der Waals surface area contributed by atoms with E-state index in [1.165, 1.54) is 0 Å². The molecule has 0 saturated carbocycles. The zero-order valence-electron chi connectivity index (χ0n) is 17.4. The molecule has 0 radical (unpaired) electrons. The average molecular weight is 373 g/mol. The average Bonchev–Trinajstić information content (AvgIpc) is 2.56. The highest BCUT2D eigenvalue weighted by atomic mass is 16.5.